The van der Waals surface area contributed by atoms with E-state index >= 15 is 0 Å². The maximum atomic E-state index is 4.17. The number of aromatic nitrogens is 1. The third kappa shape index (κ3) is 4.41. The highest BCUT2D eigenvalue weighted by atomic mass is 79.9. The molecule has 1 N–H and O–H groups in total. The Labute approximate surface area is 127 Å². The largest absolute Gasteiger partial charge is 0.314 e. The Hall–Kier alpha value is -0.710. The van der Waals surface area contributed by atoms with Crippen LogP contribution < -0.4 is 5.32 Å². The van der Waals surface area contributed by atoms with E-state index in [0.717, 1.165) is 13.0 Å². The molecular formula is C15H19BrN2S. The first-order chi connectivity index (χ1) is 9.16. The molecule has 0 bridgehead atoms. The lowest BCUT2D eigenvalue weighted by Crippen LogP contribution is -2.29. The molecule has 0 aliphatic heterocycles. The van der Waals surface area contributed by atoms with Crippen molar-refractivity contribution in [2.75, 3.05) is 6.54 Å². The van der Waals surface area contributed by atoms with Gasteiger partial charge in [0, 0.05) is 34.1 Å². The molecule has 0 spiro atoms. The van der Waals surface area contributed by atoms with Gasteiger partial charge < -0.3 is 5.32 Å². The summed E-state index contributed by atoms with van der Waals surface area (Å²) in [5.41, 5.74) is 3.27. The van der Waals surface area contributed by atoms with E-state index in [1.807, 2.05) is 11.7 Å². The lowest BCUT2D eigenvalue weighted by molar-refractivity contribution is 0.527. The van der Waals surface area contributed by atoms with Gasteiger partial charge in [0.2, 0.25) is 0 Å². The SMILES string of the molecule is CC(C)NCC(Cc1cncs1)c1ccccc1Br. The van der Waals surface area contributed by atoms with E-state index in [1.165, 1.54) is 14.9 Å². The lowest BCUT2D eigenvalue weighted by Gasteiger charge is -2.20. The first-order valence-corrected chi connectivity index (χ1v) is 8.19. The lowest BCUT2D eigenvalue weighted by atomic mass is 9.95. The summed E-state index contributed by atoms with van der Waals surface area (Å²) in [5, 5.41) is 3.55. The number of nitrogens with one attached hydrogen (secondary N) is 1. The zero-order valence-electron chi connectivity index (χ0n) is 11.3. The van der Waals surface area contributed by atoms with Crippen LogP contribution in [0.4, 0.5) is 0 Å². The first-order valence-electron chi connectivity index (χ1n) is 6.52. The van der Waals surface area contributed by atoms with Crippen molar-refractivity contribution in [3.63, 3.8) is 0 Å². The Kier molecular flexibility index (Phi) is 5.55. The number of benzene rings is 1. The van der Waals surface area contributed by atoms with Gasteiger partial charge in [-0.2, -0.15) is 0 Å². The Morgan fingerprint density at radius 3 is 2.74 bits per heavy atom. The molecule has 4 heteroatoms. The maximum absolute atomic E-state index is 4.17. The van der Waals surface area contributed by atoms with Gasteiger partial charge in [-0.15, -0.1) is 11.3 Å². The Morgan fingerprint density at radius 2 is 2.11 bits per heavy atom. The van der Waals surface area contributed by atoms with E-state index < -0.39 is 0 Å². The van der Waals surface area contributed by atoms with Gasteiger partial charge in [0.15, 0.2) is 0 Å². The second-order valence-corrected chi connectivity index (χ2v) is 6.78. The summed E-state index contributed by atoms with van der Waals surface area (Å²) in [6, 6.07) is 9.00. The number of nitrogens with zero attached hydrogens (tertiary/aromatic N) is 1. The van der Waals surface area contributed by atoms with E-state index in [9.17, 15) is 0 Å². The van der Waals surface area contributed by atoms with Crippen LogP contribution in [0.5, 0.6) is 0 Å². The van der Waals surface area contributed by atoms with Crippen molar-refractivity contribution in [1.82, 2.24) is 10.3 Å². The highest BCUT2D eigenvalue weighted by molar-refractivity contribution is 9.10. The zero-order valence-corrected chi connectivity index (χ0v) is 13.7. The zero-order chi connectivity index (χ0) is 13.7. The van der Waals surface area contributed by atoms with Gasteiger partial charge in [-0.25, -0.2) is 0 Å². The van der Waals surface area contributed by atoms with Crippen molar-refractivity contribution in [1.29, 1.82) is 0 Å². The molecule has 1 heterocycles. The maximum Gasteiger partial charge on any atom is 0.0794 e. The minimum absolute atomic E-state index is 0.471. The van der Waals surface area contributed by atoms with E-state index in [-0.39, 0.29) is 0 Å². The molecule has 0 saturated carbocycles. The molecule has 102 valence electrons. The van der Waals surface area contributed by atoms with Crippen molar-refractivity contribution < 1.29 is 0 Å². The molecular weight excluding hydrogens is 320 g/mol. The highest BCUT2D eigenvalue weighted by Gasteiger charge is 2.16. The topological polar surface area (TPSA) is 24.9 Å². The molecule has 0 fully saturated rings. The molecule has 0 aliphatic rings. The van der Waals surface area contributed by atoms with Crippen molar-refractivity contribution in [2.45, 2.75) is 32.2 Å². The Bertz CT molecular complexity index is 497. The van der Waals surface area contributed by atoms with Crippen LogP contribution in [0.3, 0.4) is 0 Å². The fourth-order valence-corrected chi connectivity index (χ4v) is 3.35. The van der Waals surface area contributed by atoms with Gasteiger partial charge in [-0.3, -0.25) is 4.98 Å². The number of thiazole rings is 1. The summed E-state index contributed by atoms with van der Waals surface area (Å²) in [5.74, 6) is 0.471. The second-order valence-electron chi connectivity index (χ2n) is 4.95. The monoisotopic (exact) mass is 338 g/mol. The fraction of sp³-hybridized carbons (Fsp3) is 0.400. The van der Waals surface area contributed by atoms with Crippen LogP contribution >= 0.6 is 27.3 Å². The smallest absolute Gasteiger partial charge is 0.0794 e. The molecule has 2 rings (SSSR count). The molecule has 2 nitrogen and oxygen atoms in total. The molecule has 19 heavy (non-hydrogen) atoms. The minimum atomic E-state index is 0.471. The molecule has 1 aromatic heterocycles. The highest BCUT2D eigenvalue weighted by Crippen LogP contribution is 2.28. The standard InChI is InChI=1S/C15H19BrN2S/c1-11(2)18-8-12(7-13-9-17-10-19-13)14-5-3-4-6-15(14)16/h3-6,9-12,18H,7-8H2,1-2H3. The van der Waals surface area contributed by atoms with Crippen molar-refractivity contribution in [3.8, 4) is 0 Å². The van der Waals surface area contributed by atoms with Crippen LogP contribution in [0.15, 0.2) is 40.4 Å². The molecule has 1 unspecified atom stereocenters. The van der Waals surface area contributed by atoms with Gasteiger partial charge in [0.05, 0.1) is 5.51 Å². The van der Waals surface area contributed by atoms with Crippen molar-refractivity contribution in [3.05, 3.63) is 50.9 Å². The average Bonchev–Trinajstić information content (AvgIpc) is 2.88. The molecule has 0 aliphatic carbocycles. The van der Waals surface area contributed by atoms with Gasteiger partial charge in [-0.05, 0) is 18.1 Å². The van der Waals surface area contributed by atoms with Gasteiger partial charge in [-0.1, -0.05) is 48.0 Å². The number of rotatable bonds is 6. The summed E-state index contributed by atoms with van der Waals surface area (Å²) in [7, 11) is 0. The van der Waals surface area contributed by atoms with E-state index in [0.29, 0.717) is 12.0 Å². The minimum Gasteiger partial charge on any atom is -0.314 e. The van der Waals surface area contributed by atoms with Crippen molar-refractivity contribution in [2.24, 2.45) is 0 Å². The van der Waals surface area contributed by atoms with Gasteiger partial charge in [0.25, 0.3) is 0 Å². The molecule has 0 radical (unpaired) electrons. The number of halogens is 1. The molecule has 2 aromatic rings. The van der Waals surface area contributed by atoms with Crippen LogP contribution in [0.1, 0.15) is 30.2 Å². The van der Waals surface area contributed by atoms with Crippen LogP contribution in [-0.2, 0) is 6.42 Å². The third-order valence-electron chi connectivity index (χ3n) is 3.05. The fourth-order valence-electron chi connectivity index (χ4n) is 2.06. The van der Waals surface area contributed by atoms with Crippen LogP contribution in [-0.4, -0.2) is 17.6 Å². The first kappa shape index (κ1) is 14.7. The third-order valence-corrected chi connectivity index (χ3v) is 4.57. The second kappa shape index (κ2) is 7.17. The Balaban J connectivity index is 2.16. The predicted octanol–water partition coefficient (Wildman–Crippen LogP) is 4.23. The molecule has 1 atom stereocenters. The van der Waals surface area contributed by atoms with Crippen LogP contribution in [0.25, 0.3) is 0 Å². The predicted molar refractivity (Wildman–Crippen MR) is 85.8 cm³/mol. The Morgan fingerprint density at radius 1 is 1.32 bits per heavy atom. The number of hydrogen-bond donors (Lipinski definition) is 1. The molecule has 0 saturated heterocycles. The van der Waals surface area contributed by atoms with Gasteiger partial charge in [0.1, 0.15) is 0 Å². The van der Waals surface area contributed by atoms with Crippen LogP contribution in [0.2, 0.25) is 0 Å². The summed E-state index contributed by atoms with van der Waals surface area (Å²) < 4.78 is 1.19. The van der Waals surface area contributed by atoms with Crippen LogP contribution in [0, 0.1) is 0 Å². The molecule has 1 aromatic carbocycles. The van der Waals surface area contributed by atoms with E-state index in [4.69, 9.17) is 0 Å². The van der Waals surface area contributed by atoms with Gasteiger partial charge >= 0.3 is 0 Å². The summed E-state index contributed by atoms with van der Waals surface area (Å²) in [6.45, 7) is 5.35. The normalized spacial score (nSPS) is 12.8. The van der Waals surface area contributed by atoms with E-state index in [1.54, 1.807) is 11.3 Å². The summed E-state index contributed by atoms with van der Waals surface area (Å²) >= 11 is 5.40. The average molecular weight is 339 g/mol. The quantitative estimate of drug-likeness (QED) is 0.852. The summed E-state index contributed by atoms with van der Waals surface area (Å²) in [6.07, 6.45) is 3.01. The summed E-state index contributed by atoms with van der Waals surface area (Å²) in [4.78, 5) is 5.51. The molecule has 0 amide bonds. The van der Waals surface area contributed by atoms with E-state index in [2.05, 4.69) is 64.3 Å². The van der Waals surface area contributed by atoms with Crippen molar-refractivity contribution >= 4 is 27.3 Å². The number of hydrogen-bond acceptors (Lipinski definition) is 3.